The minimum Gasteiger partial charge on any atom is -0.444 e. The Morgan fingerprint density at radius 2 is 1.43 bits per heavy atom. The average molecular weight is 835 g/mol. The van der Waals surface area contributed by atoms with Crippen molar-refractivity contribution < 1.29 is 38.9 Å². The van der Waals surface area contributed by atoms with E-state index in [1.54, 1.807) is 65.1 Å². The summed E-state index contributed by atoms with van der Waals surface area (Å²) in [5, 5.41) is 37.5. The highest BCUT2D eigenvalue weighted by Crippen LogP contribution is 2.24. The number of hydrogen-bond donors (Lipinski definition) is 8. The Morgan fingerprint density at radius 3 is 2.00 bits per heavy atom. The largest absolute Gasteiger partial charge is 0.444 e. The molecule has 3 rings (SSSR count). The summed E-state index contributed by atoms with van der Waals surface area (Å²) in [6.45, 7) is 16.2. The number of alkyl carbamates (subject to hydrolysis) is 1. The van der Waals surface area contributed by atoms with Crippen molar-refractivity contribution in [2.45, 2.75) is 137 Å². The number of carbonyl (C=O) groups is 5. The molecule has 0 aliphatic carbocycles. The number of aromatic amines is 1. The number of ether oxygens (including phenoxy) is 1. The lowest BCUT2D eigenvalue weighted by Crippen LogP contribution is -2.60. The normalized spacial score (nSPS) is 15.7. The SMILES string of the molecule is CCC(C)C(NC(=O)[C@H](C(C)C)[C@@H](O)[C@H](O)[C@H](CC(C)C)NC(=O)C(Cc1cnc[nH]1)NC(=O)C(Cc1ccccc1)NC(=O)OC(C)(C)C)C(=O)NCc1ccccn1. The number of benzene rings is 1. The van der Waals surface area contributed by atoms with E-state index in [9.17, 15) is 34.2 Å². The van der Waals surface area contributed by atoms with Gasteiger partial charge in [-0.1, -0.05) is 84.4 Å². The second-order valence-electron chi connectivity index (χ2n) is 17.1. The third kappa shape index (κ3) is 16.0. The fourth-order valence-electron chi connectivity index (χ4n) is 6.73. The van der Waals surface area contributed by atoms with Crippen molar-refractivity contribution in [3.63, 3.8) is 0 Å². The monoisotopic (exact) mass is 835 g/mol. The van der Waals surface area contributed by atoms with Crippen LogP contribution in [0.25, 0.3) is 0 Å². The van der Waals surface area contributed by atoms with Crippen molar-refractivity contribution in [2.75, 3.05) is 0 Å². The topological polar surface area (TPSA) is 237 Å². The molecule has 5 amide bonds. The van der Waals surface area contributed by atoms with Gasteiger partial charge in [0, 0.05) is 30.9 Å². The van der Waals surface area contributed by atoms with Crippen molar-refractivity contribution in [3.05, 3.63) is 84.2 Å². The first-order chi connectivity index (χ1) is 28.3. The quantitative estimate of drug-likeness (QED) is 0.0735. The molecule has 8 N–H and O–H groups in total. The molecule has 3 aromatic rings. The smallest absolute Gasteiger partial charge is 0.408 e. The number of H-pyrrole nitrogens is 1. The number of amides is 5. The zero-order valence-corrected chi connectivity index (χ0v) is 36.4. The van der Waals surface area contributed by atoms with Crippen LogP contribution < -0.4 is 26.6 Å². The number of nitrogens with one attached hydrogen (secondary N) is 6. The molecular formula is C44H66N8O8. The second kappa shape index (κ2) is 23.4. The predicted octanol–water partition coefficient (Wildman–Crippen LogP) is 3.34. The summed E-state index contributed by atoms with van der Waals surface area (Å²) in [4.78, 5) is 79.8. The third-order valence-corrected chi connectivity index (χ3v) is 10.1. The van der Waals surface area contributed by atoms with Gasteiger partial charge in [0.1, 0.15) is 29.8 Å². The van der Waals surface area contributed by atoms with Crippen molar-refractivity contribution in [1.82, 2.24) is 41.5 Å². The molecule has 0 saturated heterocycles. The van der Waals surface area contributed by atoms with Gasteiger partial charge in [-0.15, -0.1) is 0 Å². The van der Waals surface area contributed by atoms with Crippen LogP contribution in [0.4, 0.5) is 4.79 Å². The minimum absolute atomic E-state index is 0.0362. The minimum atomic E-state index is -1.67. The van der Waals surface area contributed by atoms with Crippen LogP contribution in [-0.2, 0) is 43.3 Å². The van der Waals surface area contributed by atoms with Crippen LogP contribution in [0.5, 0.6) is 0 Å². The van der Waals surface area contributed by atoms with Gasteiger partial charge in [0.25, 0.3) is 0 Å². The van der Waals surface area contributed by atoms with E-state index in [-0.39, 0.29) is 37.6 Å². The fourth-order valence-corrected chi connectivity index (χ4v) is 6.73. The number of rotatable bonds is 22. The van der Waals surface area contributed by atoms with E-state index in [1.165, 1.54) is 12.5 Å². The van der Waals surface area contributed by atoms with E-state index in [1.807, 2.05) is 52.0 Å². The zero-order chi connectivity index (χ0) is 44.6. The molecule has 0 aliphatic heterocycles. The molecule has 0 aliphatic rings. The summed E-state index contributed by atoms with van der Waals surface area (Å²) in [5.41, 5.74) is 1.08. The van der Waals surface area contributed by atoms with Crippen LogP contribution in [0.15, 0.2) is 67.3 Å². The molecule has 2 aromatic heterocycles. The molecule has 60 heavy (non-hydrogen) atoms. The number of hydrogen-bond acceptors (Lipinski definition) is 10. The number of aliphatic hydroxyl groups excluding tert-OH is 2. The van der Waals surface area contributed by atoms with Gasteiger partial charge in [0.15, 0.2) is 0 Å². The third-order valence-electron chi connectivity index (χ3n) is 10.1. The number of nitrogens with zero attached hydrogens (tertiary/aromatic N) is 2. The average Bonchev–Trinajstić information content (AvgIpc) is 3.70. The Hall–Kier alpha value is -5.35. The molecule has 0 bridgehead atoms. The Bertz CT molecular complexity index is 1790. The predicted molar refractivity (Wildman–Crippen MR) is 227 cm³/mol. The Kier molecular flexibility index (Phi) is 19.2. The highest BCUT2D eigenvalue weighted by Gasteiger charge is 2.41. The maximum absolute atomic E-state index is 14.3. The number of aliphatic hydroxyl groups is 2. The first-order valence-corrected chi connectivity index (χ1v) is 20.7. The van der Waals surface area contributed by atoms with E-state index in [2.05, 4.69) is 41.5 Å². The Balaban J connectivity index is 1.86. The van der Waals surface area contributed by atoms with E-state index in [0.717, 1.165) is 5.56 Å². The summed E-state index contributed by atoms with van der Waals surface area (Å²) in [6.07, 6.45) is 1.26. The van der Waals surface area contributed by atoms with Crippen LogP contribution in [0.2, 0.25) is 0 Å². The van der Waals surface area contributed by atoms with Crippen LogP contribution in [0.3, 0.4) is 0 Å². The highest BCUT2D eigenvalue weighted by molar-refractivity contribution is 5.92. The Morgan fingerprint density at radius 1 is 0.783 bits per heavy atom. The molecule has 1 aromatic carbocycles. The van der Waals surface area contributed by atoms with Crippen LogP contribution in [0, 0.1) is 23.7 Å². The lowest BCUT2D eigenvalue weighted by Gasteiger charge is -2.36. The number of carbonyl (C=O) groups excluding carboxylic acids is 5. The van der Waals surface area contributed by atoms with E-state index >= 15 is 0 Å². The standard InChI is InChI=1S/C44H66N8O8/c1-10-28(6)36(42(58)47-24-30-18-14-15-19-46-30)52-41(57)35(27(4)5)38(54)37(53)32(20-26(2)3)49-40(56)34(22-31-23-45-25-48-31)50-39(55)33(21-29-16-12-11-13-17-29)51-43(59)60-44(7,8)9/h11-19,23,25-28,32-38,53-54H,10,20-22,24H2,1-9H3,(H,45,48)(H,47,58)(H,49,56)(H,50,55)(H,51,59)(H,52,57)/t28?,32-,33?,34?,35+,36?,37+,38+/m0/s1. The van der Waals surface area contributed by atoms with E-state index in [0.29, 0.717) is 17.8 Å². The van der Waals surface area contributed by atoms with Crippen LogP contribution in [0.1, 0.15) is 92.1 Å². The maximum Gasteiger partial charge on any atom is 0.408 e. The summed E-state index contributed by atoms with van der Waals surface area (Å²) in [5.74, 6) is -4.42. The van der Waals surface area contributed by atoms with E-state index < -0.39 is 83.5 Å². The molecule has 16 nitrogen and oxygen atoms in total. The van der Waals surface area contributed by atoms with Crippen LogP contribution >= 0.6 is 0 Å². The summed E-state index contributed by atoms with van der Waals surface area (Å²) in [6, 6.07) is 10.0. The first-order valence-electron chi connectivity index (χ1n) is 20.7. The van der Waals surface area contributed by atoms with Gasteiger partial charge in [-0.3, -0.25) is 24.2 Å². The molecule has 8 atom stereocenters. The number of aromatic nitrogens is 3. The summed E-state index contributed by atoms with van der Waals surface area (Å²) >= 11 is 0. The Labute approximate surface area is 353 Å². The van der Waals surface area contributed by atoms with Gasteiger partial charge in [0.2, 0.25) is 23.6 Å². The molecule has 330 valence electrons. The first kappa shape index (κ1) is 49.0. The second-order valence-corrected chi connectivity index (χ2v) is 17.1. The maximum atomic E-state index is 14.3. The molecule has 2 heterocycles. The van der Waals surface area contributed by atoms with Crippen molar-refractivity contribution in [3.8, 4) is 0 Å². The molecule has 0 radical (unpaired) electrons. The van der Waals surface area contributed by atoms with Gasteiger partial charge in [-0.05, 0) is 62.6 Å². The zero-order valence-electron chi connectivity index (χ0n) is 36.4. The molecule has 0 fully saturated rings. The van der Waals surface area contributed by atoms with Gasteiger partial charge >= 0.3 is 6.09 Å². The molecule has 4 unspecified atom stereocenters. The van der Waals surface area contributed by atoms with E-state index in [4.69, 9.17) is 4.74 Å². The highest BCUT2D eigenvalue weighted by atomic mass is 16.6. The van der Waals surface area contributed by atoms with Gasteiger partial charge < -0.3 is 46.5 Å². The van der Waals surface area contributed by atoms with Crippen molar-refractivity contribution in [1.29, 1.82) is 0 Å². The van der Waals surface area contributed by atoms with Gasteiger partial charge in [-0.25, -0.2) is 9.78 Å². The van der Waals surface area contributed by atoms with Crippen molar-refractivity contribution in [2.24, 2.45) is 23.7 Å². The lowest BCUT2D eigenvalue weighted by molar-refractivity contribution is -0.141. The summed E-state index contributed by atoms with van der Waals surface area (Å²) in [7, 11) is 0. The van der Waals surface area contributed by atoms with Crippen molar-refractivity contribution >= 4 is 29.7 Å². The molecule has 0 saturated carbocycles. The number of imidazole rings is 1. The fraction of sp³-hybridized carbons (Fsp3) is 0.568. The summed E-state index contributed by atoms with van der Waals surface area (Å²) < 4.78 is 5.44. The molecular weight excluding hydrogens is 769 g/mol. The number of pyridine rings is 1. The van der Waals surface area contributed by atoms with Crippen LogP contribution in [-0.4, -0.2) is 96.9 Å². The van der Waals surface area contributed by atoms with Gasteiger partial charge in [-0.2, -0.15) is 0 Å². The molecule has 0 spiro atoms. The molecule has 16 heteroatoms. The lowest BCUT2D eigenvalue weighted by atomic mass is 9.82. The van der Waals surface area contributed by atoms with Gasteiger partial charge in [0.05, 0.1) is 36.6 Å².